The number of benzene rings is 1. The quantitative estimate of drug-likeness (QED) is 0.712. The van der Waals surface area contributed by atoms with Crippen molar-refractivity contribution in [2.24, 2.45) is 5.92 Å². The van der Waals surface area contributed by atoms with Gasteiger partial charge in [0, 0.05) is 36.8 Å². The molecule has 0 unspecified atom stereocenters. The Morgan fingerprint density at radius 1 is 0.903 bits per heavy atom. The third-order valence-corrected chi connectivity index (χ3v) is 6.17. The second kappa shape index (κ2) is 11.2. The second-order valence-electron chi connectivity index (χ2n) is 8.25. The molecule has 2 saturated heterocycles. The summed E-state index contributed by atoms with van der Waals surface area (Å²) in [6.45, 7) is 3.60. The third kappa shape index (κ3) is 6.03. The molecule has 0 atom stereocenters. The SMILES string of the molecule is COc1cc(NC(=O)CN2CCC(C(=O)N3CCCCCC3)CC2)cc(OC)c1OC. The summed E-state index contributed by atoms with van der Waals surface area (Å²) < 4.78 is 16.0. The average Bonchev–Trinajstić information content (AvgIpc) is 3.08. The molecule has 1 N–H and O–H groups in total. The summed E-state index contributed by atoms with van der Waals surface area (Å²) in [4.78, 5) is 29.6. The highest BCUT2D eigenvalue weighted by Crippen LogP contribution is 2.39. The lowest BCUT2D eigenvalue weighted by Crippen LogP contribution is -2.44. The van der Waals surface area contributed by atoms with Crippen LogP contribution in [0.3, 0.4) is 0 Å². The standard InChI is InChI=1S/C23H35N3O5/c1-29-19-14-18(15-20(30-2)22(19)31-3)24-21(27)16-25-12-8-17(9-13-25)23(28)26-10-6-4-5-7-11-26/h14-15,17H,4-13,16H2,1-3H3,(H,24,27). The van der Waals surface area contributed by atoms with Crippen LogP contribution in [-0.4, -0.2) is 75.7 Å². The van der Waals surface area contributed by atoms with Gasteiger partial charge >= 0.3 is 0 Å². The van der Waals surface area contributed by atoms with E-state index in [2.05, 4.69) is 15.1 Å². The van der Waals surface area contributed by atoms with Crippen molar-refractivity contribution in [1.29, 1.82) is 0 Å². The first-order valence-electron chi connectivity index (χ1n) is 11.2. The number of nitrogens with one attached hydrogen (secondary N) is 1. The maximum Gasteiger partial charge on any atom is 0.238 e. The van der Waals surface area contributed by atoms with Crippen molar-refractivity contribution in [3.8, 4) is 17.2 Å². The van der Waals surface area contributed by atoms with E-state index in [0.29, 0.717) is 35.4 Å². The Kier molecular flexibility index (Phi) is 8.40. The monoisotopic (exact) mass is 433 g/mol. The minimum Gasteiger partial charge on any atom is -0.493 e. The van der Waals surface area contributed by atoms with E-state index in [1.165, 1.54) is 12.8 Å². The normalized spacial score (nSPS) is 18.2. The van der Waals surface area contributed by atoms with Crippen LogP contribution in [-0.2, 0) is 9.59 Å². The highest BCUT2D eigenvalue weighted by atomic mass is 16.5. The number of hydrogen-bond donors (Lipinski definition) is 1. The largest absolute Gasteiger partial charge is 0.493 e. The van der Waals surface area contributed by atoms with Gasteiger partial charge in [0.25, 0.3) is 0 Å². The van der Waals surface area contributed by atoms with Gasteiger partial charge in [-0.05, 0) is 38.8 Å². The summed E-state index contributed by atoms with van der Waals surface area (Å²) in [7, 11) is 4.62. The Hall–Kier alpha value is -2.48. The van der Waals surface area contributed by atoms with Crippen LogP contribution in [0.25, 0.3) is 0 Å². The lowest BCUT2D eigenvalue weighted by Gasteiger charge is -2.33. The molecule has 172 valence electrons. The van der Waals surface area contributed by atoms with Crippen LogP contribution in [0.15, 0.2) is 12.1 Å². The van der Waals surface area contributed by atoms with E-state index in [1.807, 2.05) is 0 Å². The Bertz CT molecular complexity index is 729. The van der Waals surface area contributed by atoms with Gasteiger partial charge in [-0.25, -0.2) is 0 Å². The van der Waals surface area contributed by atoms with Crippen LogP contribution in [0.2, 0.25) is 0 Å². The van der Waals surface area contributed by atoms with E-state index in [4.69, 9.17) is 14.2 Å². The molecule has 3 rings (SSSR count). The number of piperidine rings is 1. The first kappa shape index (κ1) is 23.2. The van der Waals surface area contributed by atoms with Crippen molar-refractivity contribution >= 4 is 17.5 Å². The summed E-state index contributed by atoms with van der Waals surface area (Å²) in [6.07, 6.45) is 6.31. The van der Waals surface area contributed by atoms with E-state index >= 15 is 0 Å². The average molecular weight is 434 g/mol. The maximum atomic E-state index is 12.8. The third-order valence-electron chi connectivity index (χ3n) is 6.17. The summed E-state index contributed by atoms with van der Waals surface area (Å²) in [6, 6.07) is 3.43. The molecular formula is C23H35N3O5. The van der Waals surface area contributed by atoms with E-state index in [1.54, 1.807) is 33.5 Å². The summed E-state index contributed by atoms with van der Waals surface area (Å²) in [5.41, 5.74) is 0.589. The molecule has 0 saturated carbocycles. The van der Waals surface area contributed by atoms with Crippen molar-refractivity contribution in [3.05, 3.63) is 12.1 Å². The zero-order valence-corrected chi connectivity index (χ0v) is 18.9. The van der Waals surface area contributed by atoms with Gasteiger partial charge in [-0.3, -0.25) is 14.5 Å². The fourth-order valence-corrected chi connectivity index (χ4v) is 4.44. The van der Waals surface area contributed by atoms with E-state index < -0.39 is 0 Å². The van der Waals surface area contributed by atoms with Gasteiger partial charge in [0.05, 0.1) is 27.9 Å². The van der Waals surface area contributed by atoms with Crippen molar-refractivity contribution in [1.82, 2.24) is 9.80 Å². The molecule has 8 nitrogen and oxygen atoms in total. The maximum absolute atomic E-state index is 12.8. The predicted molar refractivity (Wildman–Crippen MR) is 119 cm³/mol. The van der Waals surface area contributed by atoms with Gasteiger partial charge in [-0.1, -0.05) is 12.8 Å². The van der Waals surface area contributed by atoms with Gasteiger partial charge < -0.3 is 24.4 Å². The lowest BCUT2D eigenvalue weighted by atomic mass is 9.95. The number of anilines is 1. The number of methoxy groups -OCH3 is 3. The fraction of sp³-hybridized carbons (Fsp3) is 0.652. The minimum absolute atomic E-state index is 0.0903. The van der Waals surface area contributed by atoms with Crippen LogP contribution in [0, 0.1) is 5.92 Å². The van der Waals surface area contributed by atoms with Crippen LogP contribution in [0.5, 0.6) is 17.2 Å². The molecule has 0 aromatic heterocycles. The predicted octanol–water partition coefficient (Wildman–Crippen LogP) is 2.77. The molecule has 2 aliphatic rings. The van der Waals surface area contributed by atoms with Crippen molar-refractivity contribution in [3.63, 3.8) is 0 Å². The smallest absolute Gasteiger partial charge is 0.238 e. The Morgan fingerprint density at radius 3 is 2.00 bits per heavy atom. The molecular weight excluding hydrogens is 398 g/mol. The molecule has 2 amide bonds. The molecule has 2 fully saturated rings. The first-order valence-corrected chi connectivity index (χ1v) is 11.2. The van der Waals surface area contributed by atoms with Crippen LogP contribution < -0.4 is 19.5 Å². The highest BCUT2D eigenvalue weighted by Gasteiger charge is 2.29. The van der Waals surface area contributed by atoms with Gasteiger partial charge in [-0.15, -0.1) is 0 Å². The second-order valence-corrected chi connectivity index (χ2v) is 8.25. The molecule has 0 spiro atoms. The fourth-order valence-electron chi connectivity index (χ4n) is 4.44. The van der Waals surface area contributed by atoms with Gasteiger partial charge in [0.1, 0.15) is 0 Å². The number of hydrogen-bond acceptors (Lipinski definition) is 6. The number of likely N-dealkylation sites (tertiary alicyclic amines) is 2. The Balaban J connectivity index is 1.50. The van der Waals surface area contributed by atoms with Crippen molar-refractivity contribution in [2.75, 3.05) is 59.4 Å². The van der Waals surface area contributed by atoms with Crippen LogP contribution >= 0.6 is 0 Å². The molecule has 0 radical (unpaired) electrons. The van der Waals surface area contributed by atoms with Gasteiger partial charge in [0.2, 0.25) is 17.6 Å². The Morgan fingerprint density at radius 2 is 1.48 bits per heavy atom. The van der Waals surface area contributed by atoms with Gasteiger partial charge in [-0.2, -0.15) is 0 Å². The number of carbonyl (C=O) groups excluding carboxylic acids is 2. The van der Waals surface area contributed by atoms with E-state index in [-0.39, 0.29) is 11.8 Å². The molecule has 31 heavy (non-hydrogen) atoms. The number of nitrogens with zero attached hydrogens (tertiary/aromatic N) is 2. The number of rotatable bonds is 7. The Labute approximate surface area is 184 Å². The van der Waals surface area contributed by atoms with Crippen LogP contribution in [0.4, 0.5) is 5.69 Å². The summed E-state index contributed by atoms with van der Waals surface area (Å²) in [5, 5.41) is 2.91. The lowest BCUT2D eigenvalue weighted by molar-refractivity contribution is -0.137. The van der Waals surface area contributed by atoms with E-state index in [0.717, 1.165) is 51.9 Å². The molecule has 8 heteroatoms. The minimum atomic E-state index is -0.105. The molecule has 0 aliphatic carbocycles. The molecule has 2 heterocycles. The topological polar surface area (TPSA) is 80.3 Å². The molecule has 1 aromatic rings. The molecule has 1 aromatic carbocycles. The van der Waals surface area contributed by atoms with Crippen LogP contribution in [0.1, 0.15) is 38.5 Å². The number of ether oxygens (including phenoxy) is 3. The van der Waals surface area contributed by atoms with Gasteiger partial charge in [0.15, 0.2) is 11.5 Å². The molecule has 2 aliphatic heterocycles. The van der Waals surface area contributed by atoms with E-state index in [9.17, 15) is 9.59 Å². The zero-order valence-electron chi connectivity index (χ0n) is 18.9. The molecule has 0 bridgehead atoms. The van der Waals surface area contributed by atoms with Crippen molar-refractivity contribution in [2.45, 2.75) is 38.5 Å². The highest BCUT2D eigenvalue weighted by molar-refractivity contribution is 5.93. The number of amides is 2. The first-order chi connectivity index (χ1) is 15.0. The zero-order chi connectivity index (χ0) is 22.2. The summed E-state index contributed by atoms with van der Waals surface area (Å²) in [5.74, 6) is 1.76. The number of carbonyl (C=O) groups is 2. The van der Waals surface area contributed by atoms with Crippen molar-refractivity contribution < 1.29 is 23.8 Å². The summed E-state index contributed by atoms with van der Waals surface area (Å²) >= 11 is 0.